The molecule has 6 nitrogen and oxygen atoms in total. The van der Waals surface area contributed by atoms with Crippen LogP contribution in [0.25, 0.3) is 0 Å². The van der Waals surface area contributed by atoms with Crippen molar-refractivity contribution < 1.29 is 28.6 Å². The van der Waals surface area contributed by atoms with Gasteiger partial charge in [0.25, 0.3) is 0 Å². The molecule has 0 aliphatic heterocycles. The zero-order chi connectivity index (χ0) is 56.4. The van der Waals surface area contributed by atoms with Crippen LogP contribution in [0.4, 0.5) is 0 Å². The highest BCUT2D eigenvalue weighted by Gasteiger charge is 2.19. The average molecular weight is 1080 g/mol. The van der Waals surface area contributed by atoms with Crippen LogP contribution in [0.3, 0.4) is 0 Å². The predicted octanol–water partition coefficient (Wildman–Crippen LogP) is 22.6. The second kappa shape index (κ2) is 65.6. The van der Waals surface area contributed by atoms with Crippen LogP contribution in [0.2, 0.25) is 0 Å². The van der Waals surface area contributed by atoms with E-state index in [-0.39, 0.29) is 31.1 Å². The number of ether oxygens (including phenoxy) is 3. The SMILES string of the molecule is CC/C=C\C/C=C\C/C=C\C/C=C\C/C=C\C/C=C\C/C=C\CCCCCCCCCCCC(=O)OCC(COC(=O)CCCCCCC/C=C\CCC)OC(=O)CCCCCCCCCCC/C=C\CCCCCCCC. The Morgan fingerprint density at radius 1 is 0.269 bits per heavy atom. The van der Waals surface area contributed by atoms with Crippen LogP contribution in [-0.2, 0) is 28.6 Å². The third-order valence-corrected chi connectivity index (χ3v) is 14.0. The fraction of sp³-hybridized carbons (Fsp3) is 0.708. The van der Waals surface area contributed by atoms with Crippen LogP contribution < -0.4 is 0 Å². The molecule has 0 aromatic heterocycles. The van der Waals surface area contributed by atoms with E-state index in [0.29, 0.717) is 19.3 Å². The van der Waals surface area contributed by atoms with Gasteiger partial charge in [0.05, 0.1) is 0 Å². The summed E-state index contributed by atoms with van der Waals surface area (Å²) in [6.07, 6.45) is 89.6. The van der Waals surface area contributed by atoms with Crippen LogP contribution in [0, 0.1) is 0 Å². The summed E-state index contributed by atoms with van der Waals surface area (Å²) in [5, 5.41) is 0. The first-order valence-corrected chi connectivity index (χ1v) is 32.9. The minimum atomic E-state index is -0.786. The number of esters is 3. The lowest BCUT2D eigenvalue weighted by molar-refractivity contribution is -0.167. The molecule has 1 unspecified atom stereocenters. The van der Waals surface area contributed by atoms with Crippen molar-refractivity contribution in [2.45, 2.75) is 316 Å². The Morgan fingerprint density at radius 2 is 0.526 bits per heavy atom. The van der Waals surface area contributed by atoms with Gasteiger partial charge < -0.3 is 14.2 Å². The minimum Gasteiger partial charge on any atom is -0.462 e. The van der Waals surface area contributed by atoms with Gasteiger partial charge in [-0.1, -0.05) is 278 Å². The predicted molar refractivity (Wildman–Crippen MR) is 339 cm³/mol. The van der Waals surface area contributed by atoms with E-state index in [1.54, 1.807) is 0 Å². The largest absolute Gasteiger partial charge is 0.462 e. The molecule has 0 aliphatic carbocycles. The molecule has 0 aliphatic rings. The maximum Gasteiger partial charge on any atom is 0.306 e. The highest BCUT2D eigenvalue weighted by Crippen LogP contribution is 2.16. The Balaban J connectivity index is 4.23. The van der Waals surface area contributed by atoms with Crippen LogP contribution in [0.1, 0.15) is 310 Å². The van der Waals surface area contributed by atoms with Gasteiger partial charge >= 0.3 is 17.9 Å². The summed E-state index contributed by atoms with van der Waals surface area (Å²) in [6, 6.07) is 0. The number of carbonyl (C=O) groups is 3. The molecule has 0 N–H and O–H groups in total. The Labute approximate surface area is 482 Å². The summed E-state index contributed by atoms with van der Waals surface area (Å²) < 4.78 is 16.9. The summed E-state index contributed by atoms with van der Waals surface area (Å²) in [6.45, 7) is 6.47. The molecule has 446 valence electrons. The van der Waals surface area contributed by atoms with E-state index in [1.807, 2.05) is 0 Å². The fourth-order valence-corrected chi connectivity index (χ4v) is 9.07. The summed E-state index contributed by atoms with van der Waals surface area (Å²) in [7, 11) is 0. The highest BCUT2D eigenvalue weighted by atomic mass is 16.6. The number of carbonyl (C=O) groups excluding carboxylic acids is 3. The molecule has 0 bridgehead atoms. The zero-order valence-corrected chi connectivity index (χ0v) is 51.2. The van der Waals surface area contributed by atoms with Gasteiger partial charge in [0.2, 0.25) is 0 Å². The standard InChI is InChI=1S/C72H122O6/c1-4-7-10-13-16-19-22-24-26-28-30-31-32-33-34-35-36-37-38-39-40-41-43-44-46-48-50-53-56-59-62-65-71(74)77-68-69(67-76-70(73)64-61-58-55-52-21-18-15-12-9-6-3)78-72(75)66-63-60-57-54-51-49-47-45-42-29-27-25-23-20-17-14-11-8-5-2/h7,10,12,15-16,19,24-27,30-31,33-34,36-37,39-40,69H,4-6,8-9,11,13-14,17-18,20-23,28-29,32,35,38,41-68H2,1-3H3/b10-7-,15-12-,19-16-,26-24-,27-25-,31-30-,34-33-,37-36-,40-39-. The van der Waals surface area contributed by atoms with Gasteiger partial charge in [-0.05, 0) is 122 Å². The van der Waals surface area contributed by atoms with Crippen molar-refractivity contribution in [2.75, 3.05) is 13.2 Å². The summed E-state index contributed by atoms with van der Waals surface area (Å²) in [5.74, 6) is -0.895. The van der Waals surface area contributed by atoms with E-state index < -0.39 is 6.10 Å². The topological polar surface area (TPSA) is 78.9 Å². The number of hydrogen-bond acceptors (Lipinski definition) is 6. The van der Waals surface area contributed by atoms with Crippen LogP contribution in [0.15, 0.2) is 109 Å². The van der Waals surface area contributed by atoms with Gasteiger partial charge in [-0.15, -0.1) is 0 Å². The molecular weight excluding hydrogens is 961 g/mol. The van der Waals surface area contributed by atoms with Crippen molar-refractivity contribution in [1.29, 1.82) is 0 Å². The first-order chi connectivity index (χ1) is 38.5. The minimum absolute atomic E-state index is 0.0840. The fourth-order valence-electron chi connectivity index (χ4n) is 9.07. The molecule has 0 amide bonds. The molecule has 0 aromatic carbocycles. The lowest BCUT2D eigenvalue weighted by Gasteiger charge is -2.18. The number of unbranched alkanes of at least 4 members (excludes halogenated alkanes) is 30. The maximum atomic E-state index is 12.9. The Hall–Kier alpha value is -3.93. The Kier molecular flexibility index (Phi) is 62.3. The number of hydrogen-bond donors (Lipinski definition) is 0. The van der Waals surface area contributed by atoms with Gasteiger partial charge in [-0.2, -0.15) is 0 Å². The molecule has 78 heavy (non-hydrogen) atoms. The maximum absolute atomic E-state index is 12.9. The van der Waals surface area contributed by atoms with E-state index in [1.165, 1.54) is 148 Å². The third-order valence-electron chi connectivity index (χ3n) is 14.0. The zero-order valence-electron chi connectivity index (χ0n) is 51.2. The van der Waals surface area contributed by atoms with E-state index in [9.17, 15) is 14.4 Å². The lowest BCUT2D eigenvalue weighted by atomic mass is 10.1. The van der Waals surface area contributed by atoms with Crippen LogP contribution >= 0.6 is 0 Å². The molecule has 0 aromatic rings. The van der Waals surface area contributed by atoms with E-state index in [0.717, 1.165) is 122 Å². The van der Waals surface area contributed by atoms with Gasteiger partial charge in [0, 0.05) is 19.3 Å². The molecule has 0 spiro atoms. The number of rotatable bonds is 59. The molecule has 0 heterocycles. The van der Waals surface area contributed by atoms with Crippen molar-refractivity contribution in [2.24, 2.45) is 0 Å². The quantitative estimate of drug-likeness (QED) is 0.0261. The van der Waals surface area contributed by atoms with Crippen molar-refractivity contribution in [3.05, 3.63) is 109 Å². The smallest absolute Gasteiger partial charge is 0.306 e. The third kappa shape index (κ3) is 62.9. The molecule has 0 rings (SSSR count). The lowest BCUT2D eigenvalue weighted by Crippen LogP contribution is -2.30. The van der Waals surface area contributed by atoms with Crippen molar-refractivity contribution >= 4 is 17.9 Å². The van der Waals surface area contributed by atoms with Gasteiger partial charge in [-0.25, -0.2) is 0 Å². The molecule has 6 heteroatoms. The molecule has 0 fully saturated rings. The monoisotopic (exact) mass is 1080 g/mol. The summed E-state index contributed by atoms with van der Waals surface area (Å²) in [5.41, 5.74) is 0. The normalized spacial score (nSPS) is 12.8. The Bertz CT molecular complexity index is 1570. The van der Waals surface area contributed by atoms with E-state index >= 15 is 0 Å². The average Bonchev–Trinajstić information content (AvgIpc) is 3.44. The van der Waals surface area contributed by atoms with E-state index in [2.05, 4.69) is 130 Å². The second-order valence-corrected chi connectivity index (χ2v) is 21.6. The summed E-state index contributed by atoms with van der Waals surface area (Å²) in [4.78, 5) is 38.2. The van der Waals surface area contributed by atoms with Gasteiger partial charge in [0.15, 0.2) is 6.10 Å². The first kappa shape index (κ1) is 74.1. The Morgan fingerprint density at radius 3 is 0.846 bits per heavy atom. The molecular formula is C72H122O6. The van der Waals surface area contributed by atoms with Crippen molar-refractivity contribution in [1.82, 2.24) is 0 Å². The van der Waals surface area contributed by atoms with E-state index in [4.69, 9.17) is 14.2 Å². The van der Waals surface area contributed by atoms with Crippen LogP contribution in [-0.4, -0.2) is 37.2 Å². The highest BCUT2D eigenvalue weighted by molar-refractivity contribution is 5.71. The van der Waals surface area contributed by atoms with Crippen LogP contribution in [0.5, 0.6) is 0 Å². The van der Waals surface area contributed by atoms with Crippen molar-refractivity contribution in [3.63, 3.8) is 0 Å². The van der Waals surface area contributed by atoms with Gasteiger partial charge in [-0.3, -0.25) is 14.4 Å². The first-order valence-electron chi connectivity index (χ1n) is 32.9. The van der Waals surface area contributed by atoms with Crippen molar-refractivity contribution in [3.8, 4) is 0 Å². The molecule has 0 radical (unpaired) electrons. The summed E-state index contributed by atoms with van der Waals surface area (Å²) >= 11 is 0. The van der Waals surface area contributed by atoms with Gasteiger partial charge in [0.1, 0.15) is 13.2 Å². The second-order valence-electron chi connectivity index (χ2n) is 21.6. The number of allylic oxidation sites excluding steroid dienone is 18. The molecule has 1 atom stereocenters. The molecule has 0 saturated carbocycles. The molecule has 0 saturated heterocycles.